The molecule has 0 aliphatic carbocycles. The van der Waals surface area contributed by atoms with E-state index in [1.807, 2.05) is 6.92 Å². The Morgan fingerprint density at radius 2 is 2.15 bits per heavy atom. The lowest BCUT2D eigenvalue weighted by molar-refractivity contribution is 0.570. The monoisotopic (exact) mass is 298 g/mol. The summed E-state index contributed by atoms with van der Waals surface area (Å²) in [6.45, 7) is 4.08. The van der Waals surface area contributed by atoms with E-state index in [-0.39, 0.29) is 11.4 Å². The summed E-state index contributed by atoms with van der Waals surface area (Å²) in [5.74, 6) is -0.841. The summed E-state index contributed by atoms with van der Waals surface area (Å²) in [4.78, 5) is -0.482. The van der Waals surface area contributed by atoms with Crippen LogP contribution in [0.1, 0.15) is 12.5 Å². The van der Waals surface area contributed by atoms with E-state index in [1.165, 1.54) is 12.4 Å². The second kappa shape index (κ2) is 5.12. The van der Waals surface area contributed by atoms with Crippen molar-refractivity contribution < 1.29 is 12.8 Å². The summed E-state index contributed by atoms with van der Waals surface area (Å²) in [5, 5.41) is 3.94. The van der Waals surface area contributed by atoms with Crippen molar-refractivity contribution in [1.82, 2.24) is 9.78 Å². The molecule has 3 N–H and O–H groups in total. The van der Waals surface area contributed by atoms with Gasteiger partial charge in [-0.25, -0.2) is 12.8 Å². The predicted molar refractivity (Wildman–Crippen MR) is 74.3 cm³/mol. The summed E-state index contributed by atoms with van der Waals surface area (Å²) in [7, 11) is -4.04. The fourth-order valence-electron chi connectivity index (χ4n) is 1.67. The van der Waals surface area contributed by atoms with E-state index >= 15 is 0 Å². The van der Waals surface area contributed by atoms with Crippen LogP contribution in [0, 0.1) is 12.7 Å². The van der Waals surface area contributed by atoms with Gasteiger partial charge in [0.25, 0.3) is 10.0 Å². The molecule has 1 aromatic carbocycles. The van der Waals surface area contributed by atoms with Gasteiger partial charge in [-0.15, -0.1) is 0 Å². The lowest BCUT2D eigenvalue weighted by atomic mass is 10.2. The summed E-state index contributed by atoms with van der Waals surface area (Å²) in [6.07, 6.45) is 2.88. The number of halogens is 1. The van der Waals surface area contributed by atoms with Crippen molar-refractivity contribution in [2.75, 3.05) is 10.5 Å². The van der Waals surface area contributed by atoms with Gasteiger partial charge in [0, 0.05) is 18.4 Å². The summed E-state index contributed by atoms with van der Waals surface area (Å²) >= 11 is 0. The number of hydrogen-bond acceptors (Lipinski definition) is 4. The third-order valence-electron chi connectivity index (χ3n) is 2.82. The van der Waals surface area contributed by atoms with Gasteiger partial charge in [-0.2, -0.15) is 5.10 Å². The molecule has 0 saturated carbocycles. The Hall–Kier alpha value is -2.09. The number of rotatable bonds is 4. The third kappa shape index (κ3) is 2.74. The van der Waals surface area contributed by atoms with Crippen molar-refractivity contribution in [3.05, 3.63) is 35.9 Å². The summed E-state index contributed by atoms with van der Waals surface area (Å²) in [5.41, 5.74) is 6.60. The number of aryl methyl sites for hydroxylation is 2. The van der Waals surface area contributed by atoms with Crippen LogP contribution >= 0.6 is 0 Å². The maximum atomic E-state index is 13.8. The molecule has 0 saturated heterocycles. The molecule has 0 aliphatic heterocycles. The van der Waals surface area contributed by atoms with E-state index in [0.29, 0.717) is 12.1 Å². The SMILES string of the molecule is CCn1cc(NS(=O)(=O)c2cc(N)c(C)cc2F)cn1. The van der Waals surface area contributed by atoms with E-state index in [0.717, 1.165) is 12.1 Å². The van der Waals surface area contributed by atoms with Gasteiger partial charge in [-0.05, 0) is 31.5 Å². The molecule has 0 fully saturated rings. The topological polar surface area (TPSA) is 90.0 Å². The van der Waals surface area contributed by atoms with Gasteiger partial charge in [0.1, 0.15) is 10.7 Å². The molecule has 6 nitrogen and oxygen atoms in total. The minimum atomic E-state index is -4.04. The molecule has 1 heterocycles. The summed E-state index contributed by atoms with van der Waals surface area (Å²) < 4.78 is 41.9. The van der Waals surface area contributed by atoms with Crippen LogP contribution in [0.15, 0.2) is 29.4 Å². The summed E-state index contributed by atoms with van der Waals surface area (Å²) in [6, 6.07) is 2.20. The molecular formula is C12H15FN4O2S. The molecule has 2 aromatic rings. The maximum Gasteiger partial charge on any atom is 0.264 e. The number of nitrogens with zero attached hydrogens (tertiary/aromatic N) is 2. The van der Waals surface area contributed by atoms with Crippen molar-refractivity contribution in [2.45, 2.75) is 25.3 Å². The van der Waals surface area contributed by atoms with Crippen LogP contribution in [0.25, 0.3) is 0 Å². The van der Waals surface area contributed by atoms with E-state index in [2.05, 4.69) is 9.82 Å². The number of nitrogens with two attached hydrogens (primary N) is 1. The Kier molecular flexibility index (Phi) is 3.67. The van der Waals surface area contributed by atoms with Gasteiger partial charge in [-0.1, -0.05) is 0 Å². The third-order valence-corrected chi connectivity index (χ3v) is 4.22. The van der Waals surface area contributed by atoms with Crippen molar-refractivity contribution in [3.8, 4) is 0 Å². The lowest BCUT2D eigenvalue weighted by Crippen LogP contribution is -2.15. The van der Waals surface area contributed by atoms with E-state index in [1.54, 1.807) is 11.6 Å². The molecule has 0 amide bonds. The van der Waals surface area contributed by atoms with E-state index in [9.17, 15) is 12.8 Å². The largest absolute Gasteiger partial charge is 0.398 e. The molecule has 0 spiro atoms. The van der Waals surface area contributed by atoms with Gasteiger partial charge in [0.2, 0.25) is 0 Å². The van der Waals surface area contributed by atoms with Gasteiger partial charge in [-0.3, -0.25) is 9.40 Å². The number of aromatic nitrogens is 2. The predicted octanol–water partition coefficient (Wildman–Crippen LogP) is 1.73. The highest BCUT2D eigenvalue weighted by atomic mass is 32.2. The number of nitrogens with one attached hydrogen (secondary N) is 1. The molecule has 0 aliphatic rings. The average Bonchev–Trinajstić information content (AvgIpc) is 2.80. The van der Waals surface area contributed by atoms with Crippen LogP contribution < -0.4 is 10.5 Å². The molecule has 1 aromatic heterocycles. The fourth-order valence-corrected chi connectivity index (χ4v) is 2.80. The number of nitrogen functional groups attached to an aromatic ring is 1. The van der Waals surface area contributed by atoms with Gasteiger partial charge in [0.05, 0.1) is 11.9 Å². The van der Waals surface area contributed by atoms with Crippen molar-refractivity contribution >= 4 is 21.4 Å². The van der Waals surface area contributed by atoms with Crippen molar-refractivity contribution in [1.29, 1.82) is 0 Å². The smallest absolute Gasteiger partial charge is 0.264 e. The first-order valence-electron chi connectivity index (χ1n) is 5.94. The van der Waals surface area contributed by atoms with Crippen LogP contribution in [-0.4, -0.2) is 18.2 Å². The van der Waals surface area contributed by atoms with Gasteiger partial charge < -0.3 is 5.73 Å². The minimum Gasteiger partial charge on any atom is -0.398 e. The van der Waals surface area contributed by atoms with Crippen molar-refractivity contribution in [3.63, 3.8) is 0 Å². The molecule has 0 atom stereocenters. The Morgan fingerprint density at radius 1 is 1.45 bits per heavy atom. The molecular weight excluding hydrogens is 283 g/mol. The quantitative estimate of drug-likeness (QED) is 0.841. The Labute approximate surface area is 116 Å². The van der Waals surface area contributed by atoms with Crippen LogP contribution in [-0.2, 0) is 16.6 Å². The van der Waals surface area contributed by atoms with Crippen LogP contribution in [0.4, 0.5) is 15.8 Å². The molecule has 0 unspecified atom stereocenters. The Bertz CT molecular complexity index is 740. The first kappa shape index (κ1) is 14.3. The molecule has 108 valence electrons. The van der Waals surface area contributed by atoms with Crippen LogP contribution in [0.2, 0.25) is 0 Å². The highest BCUT2D eigenvalue weighted by Gasteiger charge is 2.21. The number of sulfonamides is 1. The zero-order valence-electron chi connectivity index (χ0n) is 11.1. The average molecular weight is 298 g/mol. The second-order valence-electron chi connectivity index (χ2n) is 4.33. The lowest BCUT2D eigenvalue weighted by Gasteiger charge is -2.09. The van der Waals surface area contributed by atoms with Crippen molar-refractivity contribution in [2.24, 2.45) is 0 Å². The number of hydrogen-bond donors (Lipinski definition) is 2. The molecule has 2 rings (SSSR count). The standard InChI is InChI=1S/C12H15FN4O2S/c1-3-17-7-9(6-15-17)16-20(18,19)12-5-11(14)8(2)4-10(12)13/h4-7,16H,3,14H2,1-2H3. The normalized spacial score (nSPS) is 11.6. The molecule has 0 bridgehead atoms. The number of benzene rings is 1. The van der Waals surface area contributed by atoms with Crippen LogP contribution in [0.3, 0.4) is 0 Å². The zero-order valence-corrected chi connectivity index (χ0v) is 11.9. The van der Waals surface area contributed by atoms with Gasteiger partial charge in [0.15, 0.2) is 0 Å². The number of anilines is 2. The van der Waals surface area contributed by atoms with E-state index < -0.39 is 20.7 Å². The zero-order chi connectivity index (χ0) is 14.9. The van der Waals surface area contributed by atoms with Crippen LogP contribution in [0.5, 0.6) is 0 Å². The van der Waals surface area contributed by atoms with E-state index in [4.69, 9.17) is 5.73 Å². The first-order valence-corrected chi connectivity index (χ1v) is 7.42. The highest BCUT2D eigenvalue weighted by molar-refractivity contribution is 7.92. The van der Waals surface area contributed by atoms with Gasteiger partial charge >= 0.3 is 0 Å². The highest BCUT2D eigenvalue weighted by Crippen LogP contribution is 2.23. The minimum absolute atomic E-state index is 0.219. The molecule has 8 heteroatoms. The second-order valence-corrected chi connectivity index (χ2v) is 5.98. The first-order chi connectivity index (χ1) is 9.33. The Balaban J connectivity index is 2.37. The maximum absolute atomic E-state index is 13.8. The Morgan fingerprint density at radius 3 is 2.75 bits per heavy atom. The molecule has 0 radical (unpaired) electrons. The molecule has 20 heavy (non-hydrogen) atoms. The fraction of sp³-hybridized carbons (Fsp3) is 0.250.